The second-order valence-corrected chi connectivity index (χ2v) is 8.64. The van der Waals surface area contributed by atoms with Crippen LogP contribution in [0.15, 0.2) is 52.4 Å². The molecule has 1 fully saturated rings. The van der Waals surface area contributed by atoms with Gasteiger partial charge in [-0.25, -0.2) is 4.99 Å². The van der Waals surface area contributed by atoms with Crippen molar-refractivity contribution in [2.45, 2.75) is 34.2 Å². The molecular formula is C25H25N3O3S. The molecule has 3 aromatic rings. The molecule has 1 saturated heterocycles. The van der Waals surface area contributed by atoms with Crippen LogP contribution in [0.3, 0.4) is 0 Å². The minimum Gasteiger partial charge on any atom is -0.465 e. The molecule has 164 valence electrons. The average molecular weight is 448 g/mol. The molecule has 1 amide bonds. The van der Waals surface area contributed by atoms with E-state index in [4.69, 9.17) is 4.74 Å². The van der Waals surface area contributed by atoms with E-state index in [-0.39, 0.29) is 18.4 Å². The maximum absolute atomic E-state index is 12.7. The third-order valence-electron chi connectivity index (χ3n) is 5.60. The van der Waals surface area contributed by atoms with Gasteiger partial charge in [0.2, 0.25) is 0 Å². The number of aryl methyl sites for hydroxylation is 1. The molecule has 1 aromatic heterocycles. The summed E-state index contributed by atoms with van der Waals surface area (Å²) in [6.45, 7) is 8.28. The first-order valence-electron chi connectivity index (χ1n) is 10.5. The highest BCUT2D eigenvalue weighted by atomic mass is 32.2. The zero-order valence-corrected chi connectivity index (χ0v) is 19.4. The number of aromatic nitrogens is 1. The lowest BCUT2D eigenvalue weighted by Gasteiger charge is -2.07. The largest absolute Gasteiger partial charge is 0.465 e. The van der Waals surface area contributed by atoms with Gasteiger partial charge in [-0.1, -0.05) is 30.3 Å². The summed E-state index contributed by atoms with van der Waals surface area (Å²) in [4.78, 5) is 30.0. The van der Waals surface area contributed by atoms with Crippen molar-refractivity contribution < 1.29 is 14.3 Å². The number of aliphatic imine (C=N–C) groups is 1. The SMILES string of the molecule is CCOC(=O)Cn1c(C)c(/C=C2\SC(=Nc3cccc(C)c3C)NC2=O)c2ccccc21. The fourth-order valence-corrected chi connectivity index (χ4v) is 4.57. The Morgan fingerprint density at radius 3 is 2.72 bits per heavy atom. The molecular weight excluding hydrogens is 422 g/mol. The number of amidine groups is 1. The lowest BCUT2D eigenvalue weighted by atomic mass is 10.1. The molecule has 2 heterocycles. The summed E-state index contributed by atoms with van der Waals surface area (Å²) in [5, 5.41) is 4.41. The van der Waals surface area contributed by atoms with Crippen LogP contribution in [0.25, 0.3) is 17.0 Å². The fraction of sp³-hybridized carbons (Fsp3) is 0.240. The molecule has 4 rings (SSSR count). The van der Waals surface area contributed by atoms with E-state index in [2.05, 4.69) is 10.3 Å². The van der Waals surface area contributed by atoms with Crippen LogP contribution in [-0.4, -0.2) is 28.2 Å². The van der Waals surface area contributed by atoms with Gasteiger partial charge in [0.25, 0.3) is 5.91 Å². The highest BCUT2D eigenvalue weighted by molar-refractivity contribution is 8.18. The highest BCUT2D eigenvalue weighted by Gasteiger charge is 2.25. The number of benzene rings is 2. The number of thioether (sulfide) groups is 1. The highest BCUT2D eigenvalue weighted by Crippen LogP contribution is 2.33. The van der Waals surface area contributed by atoms with Crippen molar-refractivity contribution in [1.29, 1.82) is 0 Å². The number of nitrogens with zero attached hydrogens (tertiary/aromatic N) is 2. The Hall–Kier alpha value is -3.32. The number of nitrogens with one attached hydrogen (secondary N) is 1. The number of esters is 1. The molecule has 0 spiro atoms. The van der Waals surface area contributed by atoms with Crippen LogP contribution >= 0.6 is 11.8 Å². The van der Waals surface area contributed by atoms with Gasteiger partial charge < -0.3 is 14.6 Å². The first-order chi connectivity index (χ1) is 15.4. The molecule has 1 aliphatic rings. The molecule has 0 bridgehead atoms. The standard InChI is InChI=1S/C25H25N3O3S/c1-5-31-23(29)14-28-17(4)19(18-10-6-7-12-21(18)28)13-22-24(30)27-25(32-22)26-20-11-8-9-15(2)16(20)3/h6-13H,5,14H2,1-4H3,(H,26,27,30)/b22-13-. The summed E-state index contributed by atoms with van der Waals surface area (Å²) in [6.07, 6.45) is 1.88. The maximum atomic E-state index is 12.7. The Morgan fingerprint density at radius 2 is 1.94 bits per heavy atom. The van der Waals surface area contributed by atoms with E-state index in [1.54, 1.807) is 6.92 Å². The van der Waals surface area contributed by atoms with E-state index in [1.807, 2.05) is 73.9 Å². The van der Waals surface area contributed by atoms with E-state index in [0.29, 0.717) is 16.7 Å². The van der Waals surface area contributed by atoms with Crippen molar-refractivity contribution in [3.63, 3.8) is 0 Å². The molecule has 32 heavy (non-hydrogen) atoms. The number of amides is 1. The second-order valence-electron chi connectivity index (χ2n) is 7.61. The van der Waals surface area contributed by atoms with Gasteiger partial charge in [-0.3, -0.25) is 9.59 Å². The van der Waals surface area contributed by atoms with Crippen molar-refractivity contribution in [2.24, 2.45) is 4.99 Å². The van der Waals surface area contributed by atoms with E-state index in [0.717, 1.165) is 39.0 Å². The van der Waals surface area contributed by atoms with Gasteiger partial charge in [0.15, 0.2) is 5.17 Å². The van der Waals surface area contributed by atoms with Gasteiger partial charge in [0, 0.05) is 22.2 Å². The molecule has 1 N–H and O–H groups in total. The van der Waals surface area contributed by atoms with Crippen LogP contribution in [0.2, 0.25) is 0 Å². The number of hydrogen-bond donors (Lipinski definition) is 1. The number of fused-ring (bicyclic) bond motifs is 1. The quantitative estimate of drug-likeness (QED) is 0.440. The van der Waals surface area contributed by atoms with E-state index >= 15 is 0 Å². The molecule has 0 aliphatic carbocycles. The summed E-state index contributed by atoms with van der Waals surface area (Å²) in [5.41, 5.74) is 5.83. The summed E-state index contributed by atoms with van der Waals surface area (Å²) in [5.74, 6) is -0.466. The molecule has 1 aliphatic heterocycles. The zero-order valence-electron chi connectivity index (χ0n) is 18.6. The van der Waals surface area contributed by atoms with E-state index < -0.39 is 0 Å². The fourth-order valence-electron chi connectivity index (χ4n) is 3.76. The molecule has 2 aromatic carbocycles. The lowest BCUT2D eigenvalue weighted by Crippen LogP contribution is -2.19. The van der Waals surface area contributed by atoms with Crippen molar-refractivity contribution in [2.75, 3.05) is 6.61 Å². The number of ether oxygens (including phenoxy) is 1. The van der Waals surface area contributed by atoms with E-state index in [1.165, 1.54) is 11.8 Å². The third kappa shape index (κ3) is 4.21. The minimum absolute atomic E-state index is 0.127. The summed E-state index contributed by atoms with van der Waals surface area (Å²) in [7, 11) is 0. The van der Waals surface area contributed by atoms with Crippen molar-refractivity contribution >= 4 is 51.5 Å². The number of hydrogen-bond acceptors (Lipinski definition) is 5. The Kier molecular flexibility index (Phi) is 6.19. The van der Waals surface area contributed by atoms with Gasteiger partial charge in [-0.15, -0.1) is 0 Å². The molecule has 0 saturated carbocycles. The van der Waals surface area contributed by atoms with Gasteiger partial charge >= 0.3 is 5.97 Å². The first kappa shape index (κ1) is 21.9. The Bertz CT molecular complexity index is 1290. The van der Waals surface area contributed by atoms with Gasteiger partial charge in [-0.2, -0.15) is 0 Å². The van der Waals surface area contributed by atoms with Gasteiger partial charge in [0.05, 0.1) is 17.2 Å². The van der Waals surface area contributed by atoms with Crippen LogP contribution in [0.5, 0.6) is 0 Å². The lowest BCUT2D eigenvalue weighted by molar-refractivity contribution is -0.143. The third-order valence-corrected chi connectivity index (χ3v) is 6.51. The molecule has 0 atom stereocenters. The topological polar surface area (TPSA) is 72.7 Å². The summed E-state index contributed by atoms with van der Waals surface area (Å²) >= 11 is 1.32. The molecule has 7 heteroatoms. The number of rotatable bonds is 5. The smallest absolute Gasteiger partial charge is 0.325 e. The Morgan fingerprint density at radius 1 is 1.16 bits per heavy atom. The van der Waals surface area contributed by atoms with Crippen molar-refractivity contribution in [1.82, 2.24) is 9.88 Å². The van der Waals surface area contributed by atoms with Crippen LogP contribution in [0.1, 0.15) is 29.3 Å². The minimum atomic E-state index is -0.286. The molecule has 6 nitrogen and oxygen atoms in total. The zero-order chi connectivity index (χ0) is 22.8. The summed E-state index contributed by atoms with van der Waals surface area (Å²) in [6, 6.07) is 13.8. The van der Waals surface area contributed by atoms with Crippen molar-refractivity contribution in [3.8, 4) is 0 Å². The van der Waals surface area contributed by atoms with Gasteiger partial charge in [-0.05, 0) is 68.8 Å². The molecule has 0 unspecified atom stereocenters. The summed E-state index contributed by atoms with van der Waals surface area (Å²) < 4.78 is 7.07. The monoisotopic (exact) mass is 447 g/mol. The predicted octanol–water partition coefficient (Wildman–Crippen LogP) is 5.02. The first-order valence-corrected chi connectivity index (χ1v) is 11.3. The number of carbonyl (C=O) groups is 2. The maximum Gasteiger partial charge on any atom is 0.325 e. The normalized spacial score (nSPS) is 16.2. The average Bonchev–Trinajstić information content (AvgIpc) is 3.24. The molecule has 0 radical (unpaired) electrons. The second kappa shape index (κ2) is 9.04. The van der Waals surface area contributed by atoms with Crippen LogP contribution < -0.4 is 5.32 Å². The van der Waals surface area contributed by atoms with Crippen LogP contribution in [0, 0.1) is 20.8 Å². The predicted molar refractivity (Wildman–Crippen MR) is 130 cm³/mol. The van der Waals surface area contributed by atoms with Crippen molar-refractivity contribution in [3.05, 3.63) is 69.8 Å². The number of carbonyl (C=O) groups excluding carboxylic acids is 2. The Labute approximate surface area is 191 Å². The van der Waals surface area contributed by atoms with Gasteiger partial charge in [0.1, 0.15) is 6.54 Å². The van der Waals surface area contributed by atoms with Crippen LogP contribution in [0.4, 0.5) is 5.69 Å². The number of para-hydroxylation sites is 1. The Balaban J connectivity index is 1.71. The van der Waals surface area contributed by atoms with E-state index in [9.17, 15) is 9.59 Å². The van der Waals surface area contributed by atoms with Crippen LogP contribution in [-0.2, 0) is 20.9 Å².